The molecule has 2 aromatic carbocycles. The van der Waals surface area contributed by atoms with Crippen molar-refractivity contribution in [1.82, 2.24) is 0 Å². The van der Waals surface area contributed by atoms with Crippen LogP contribution in [0.4, 0.5) is 0 Å². The van der Waals surface area contributed by atoms with Crippen LogP contribution in [0.1, 0.15) is 11.9 Å². The van der Waals surface area contributed by atoms with Crippen molar-refractivity contribution in [3.63, 3.8) is 0 Å². The molecule has 0 fully saturated rings. The third-order valence-corrected chi connectivity index (χ3v) is 2.63. The summed E-state index contributed by atoms with van der Waals surface area (Å²) in [6.45, 7) is 0. The van der Waals surface area contributed by atoms with Crippen molar-refractivity contribution < 1.29 is 14.9 Å². The Morgan fingerprint density at radius 3 is 2.18 bits per heavy atom. The Morgan fingerprint density at radius 2 is 1.59 bits per heavy atom. The molecule has 0 bridgehead atoms. The largest absolute Gasteiger partial charge is 0.496 e. The SMILES string of the molecule is COc1ccccc1-c1ccc(C(O)O)cc1. The van der Waals surface area contributed by atoms with Crippen LogP contribution in [-0.2, 0) is 0 Å². The molecule has 3 heteroatoms. The third kappa shape index (κ3) is 2.46. The van der Waals surface area contributed by atoms with Crippen molar-refractivity contribution in [3.05, 3.63) is 54.1 Å². The average Bonchev–Trinajstić information content (AvgIpc) is 2.39. The molecule has 0 aliphatic heterocycles. The highest BCUT2D eigenvalue weighted by Gasteiger charge is 2.06. The van der Waals surface area contributed by atoms with Crippen molar-refractivity contribution in [3.8, 4) is 16.9 Å². The summed E-state index contributed by atoms with van der Waals surface area (Å²) in [4.78, 5) is 0. The average molecular weight is 230 g/mol. The number of aliphatic hydroxyl groups is 2. The summed E-state index contributed by atoms with van der Waals surface area (Å²) in [6, 6.07) is 14.8. The van der Waals surface area contributed by atoms with Crippen molar-refractivity contribution in [2.24, 2.45) is 0 Å². The summed E-state index contributed by atoms with van der Waals surface area (Å²) < 4.78 is 5.28. The van der Waals surface area contributed by atoms with Gasteiger partial charge in [-0.15, -0.1) is 0 Å². The van der Waals surface area contributed by atoms with E-state index in [1.807, 2.05) is 36.4 Å². The lowest BCUT2D eigenvalue weighted by atomic mass is 10.0. The van der Waals surface area contributed by atoms with Gasteiger partial charge in [-0.05, 0) is 11.6 Å². The third-order valence-electron chi connectivity index (χ3n) is 2.63. The van der Waals surface area contributed by atoms with E-state index in [1.54, 1.807) is 19.2 Å². The lowest BCUT2D eigenvalue weighted by Gasteiger charge is -2.09. The van der Waals surface area contributed by atoms with Crippen LogP contribution in [0.5, 0.6) is 5.75 Å². The second kappa shape index (κ2) is 4.99. The molecule has 0 heterocycles. The summed E-state index contributed by atoms with van der Waals surface area (Å²) in [5.41, 5.74) is 2.43. The van der Waals surface area contributed by atoms with E-state index in [0.29, 0.717) is 5.56 Å². The number of hydrogen-bond acceptors (Lipinski definition) is 3. The number of benzene rings is 2. The number of rotatable bonds is 3. The first-order chi connectivity index (χ1) is 8.22. The molecule has 0 saturated heterocycles. The predicted molar refractivity (Wildman–Crippen MR) is 65.6 cm³/mol. The van der Waals surface area contributed by atoms with Gasteiger partial charge < -0.3 is 14.9 Å². The molecule has 0 amide bonds. The summed E-state index contributed by atoms with van der Waals surface area (Å²) in [6.07, 6.45) is -1.43. The summed E-state index contributed by atoms with van der Waals surface area (Å²) in [7, 11) is 1.63. The van der Waals surface area contributed by atoms with Crippen LogP contribution in [0, 0.1) is 0 Å². The fourth-order valence-electron chi connectivity index (χ4n) is 1.72. The molecule has 0 aliphatic carbocycles. The number of hydrogen-bond donors (Lipinski definition) is 2. The van der Waals surface area contributed by atoms with Crippen molar-refractivity contribution in [2.75, 3.05) is 7.11 Å². The van der Waals surface area contributed by atoms with Gasteiger partial charge in [-0.2, -0.15) is 0 Å². The Balaban J connectivity index is 2.40. The Kier molecular flexibility index (Phi) is 3.42. The summed E-state index contributed by atoms with van der Waals surface area (Å²) in [5.74, 6) is 0.796. The lowest BCUT2D eigenvalue weighted by Crippen LogP contribution is -1.94. The molecular weight excluding hydrogens is 216 g/mol. The van der Waals surface area contributed by atoms with E-state index in [1.165, 1.54) is 0 Å². The fourth-order valence-corrected chi connectivity index (χ4v) is 1.72. The first-order valence-electron chi connectivity index (χ1n) is 5.32. The summed E-state index contributed by atoms with van der Waals surface area (Å²) >= 11 is 0. The van der Waals surface area contributed by atoms with Gasteiger partial charge in [0.1, 0.15) is 5.75 Å². The second-order valence-corrected chi connectivity index (χ2v) is 3.70. The predicted octanol–water partition coefficient (Wildman–Crippen LogP) is 2.35. The monoisotopic (exact) mass is 230 g/mol. The molecular formula is C14H14O3. The minimum absolute atomic E-state index is 0.476. The van der Waals surface area contributed by atoms with Crippen LogP contribution < -0.4 is 4.74 Å². The molecule has 0 radical (unpaired) electrons. The van der Waals surface area contributed by atoms with E-state index in [0.717, 1.165) is 16.9 Å². The smallest absolute Gasteiger partial charge is 0.178 e. The highest BCUT2D eigenvalue weighted by atomic mass is 16.5. The lowest BCUT2D eigenvalue weighted by molar-refractivity contribution is -0.0424. The molecule has 88 valence electrons. The number of methoxy groups -OCH3 is 1. The normalized spacial score (nSPS) is 10.6. The Hall–Kier alpha value is -1.84. The molecule has 2 N–H and O–H groups in total. The molecule has 0 saturated carbocycles. The number of ether oxygens (including phenoxy) is 1. The fraction of sp³-hybridized carbons (Fsp3) is 0.143. The van der Waals surface area contributed by atoms with Crippen LogP contribution >= 0.6 is 0 Å². The maximum absolute atomic E-state index is 9.02. The molecule has 17 heavy (non-hydrogen) atoms. The maximum Gasteiger partial charge on any atom is 0.178 e. The van der Waals surface area contributed by atoms with Gasteiger partial charge in [0, 0.05) is 11.1 Å². The van der Waals surface area contributed by atoms with Gasteiger partial charge in [0.25, 0.3) is 0 Å². The zero-order valence-electron chi connectivity index (χ0n) is 9.50. The summed E-state index contributed by atoms with van der Waals surface area (Å²) in [5, 5.41) is 18.0. The zero-order chi connectivity index (χ0) is 12.3. The van der Waals surface area contributed by atoms with E-state index in [-0.39, 0.29) is 0 Å². The standard InChI is InChI=1S/C14H14O3/c1-17-13-5-3-2-4-12(13)10-6-8-11(9-7-10)14(15)16/h2-9,14-16H,1H3. The van der Waals surface area contributed by atoms with Gasteiger partial charge >= 0.3 is 0 Å². The van der Waals surface area contributed by atoms with Gasteiger partial charge in [0.05, 0.1) is 7.11 Å². The Morgan fingerprint density at radius 1 is 0.941 bits per heavy atom. The molecule has 0 aliphatic rings. The molecule has 0 atom stereocenters. The molecule has 2 rings (SSSR count). The van der Waals surface area contributed by atoms with Crippen molar-refractivity contribution in [1.29, 1.82) is 0 Å². The topological polar surface area (TPSA) is 49.7 Å². The Bertz CT molecular complexity index is 489. The van der Waals surface area contributed by atoms with Gasteiger partial charge in [-0.25, -0.2) is 0 Å². The van der Waals surface area contributed by atoms with Crippen LogP contribution in [0.3, 0.4) is 0 Å². The highest BCUT2D eigenvalue weighted by Crippen LogP contribution is 2.29. The van der Waals surface area contributed by atoms with E-state index in [9.17, 15) is 0 Å². The van der Waals surface area contributed by atoms with E-state index >= 15 is 0 Å². The minimum Gasteiger partial charge on any atom is -0.496 e. The molecule has 0 unspecified atom stereocenters. The Labute approximate surface area is 99.9 Å². The number of aliphatic hydroxyl groups excluding tert-OH is 1. The first-order valence-corrected chi connectivity index (χ1v) is 5.32. The van der Waals surface area contributed by atoms with Gasteiger partial charge in [0.15, 0.2) is 6.29 Å². The zero-order valence-corrected chi connectivity index (χ0v) is 9.50. The molecule has 0 aromatic heterocycles. The van der Waals surface area contributed by atoms with E-state index < -0.39 is 6.29 Å². The van der Waals surface area contributed by atoms with Gasteiger partial charge in [-0.3, -0.25) is 0 Å². The van der Waals surface area contributed by atoms with E-state index in [2.05, 4.69) is 0 Å². The highest BCUT2D eigenvalue weighted by molar-refractivity contribution is 5.70. The van der Waals surface area contributed by atoms with Gasteiger partial charge in [-0.1, -0.05) is 42.5 Å². The van der Waals surface area contributed by atoms with Crippen molar-refractivity contribution in [2.45, 2.75) is 6.29 Å². The molecule has 3 nitrogen and oxygen atoms in total. The second-order valence-electron chi connectivity index (χ2n) is 3.70. The van der Waals surface area contributed by atoms with Crippen LogP contribution in [0.2, 0.25) is 0 Å². The van der Waals surface area contributed by atoms with Crippen LogP contribution in [-0.4, -0.2) is 17.3 Å². The quantitative estimate of drug-likeness (QED) is 0.796. The minimum atomic E-state index is -1.43. The van der Waals surface area contributed by atoms with E-state index in [4.69, 9.17) is 14.9 Å². The molecule has 0 spiro atoms. The maximum atomic E-state index is 9.02. The first kappa shape index (κ1) is 11.6. The molecule has 2 aromatic rings. The van der Waals surface area contributed by atoms with Crippen LogP contribution in [0.25, 0.3) is 11.1 Å². The van der Waals surface area contributed by atoms with Crippen LogP contribution in [0.15, 0.2) is 48.5 Å². The number of para-hydroxylation sites is 1. The van der Waals surface area contributed by atoms with Gasteiger partial charge in [0.2, 0.25) is 0 Å². The van der Waals surface area contributed by atoms with Crippen molar-refractivity contribution >= 4 is 0 Å².